The van der Waals surface area contributed by atoms with Gasteiger partial charge in [0.05, 0.1) is 17.2 Å². The topological polar surface area (TPSA) is 64.6 Å². The summed E-state index contributed by atoms with van der Waals surface area (Å²) < 4.78 is 10.3. The number of ether oxygens (including phenoxy) is 2. The SMILES string of the molecule is CCOC(=O)c1cc(NC(=O)COc2ccccc2)ccc1Cl. The molecular weight excluding hydrogens is 318 g/mol. The van der Waals surface area contributed by atoms with Gasteiger partial charge in [0.1, 0.15) is 5.75 Å². The quantitative estimate of drug-likeness (QED) is 0.821. The summed E-state index contributed by atoms with van der Waals surface area (Å²) in [5.74, 6) is -0.272. The molecule has 0 saturated carbocycles. The molecule has 0 fully saturated rings. The van der Waals surface area contributed by atoms with Gasteiger partial charge in [0.15, 0.2) is 6.61 Å². The largest absolute Gasteiger partial charge is 0.484 e. The Bertz CT molecular complexity index is 688. The van der Waals surface area contributed by atoms with E-state index in [-0.39, 0.29) is 29.7 Å². The summed E-state index contributed by atoms with van der Waals surface area (Å²) in [7, 11) is 0. The third-order valence-electron chi connectivity index (χ3n) is 2.86. The van der Waals surface area contributed by atoms with Crippen LogP contribution in [-0.2, 0) is 9.53 Å². The van der Waals surface area contributed by atoms with Crippen LogP contribution >= 0.6 is 11.6 Å². The van der Waals surface area contributed by atoms with E-state index in [0.29, 0.717) is 11.4 Å². The Hall–Kier alpha value is -2.53. The van der Waals surface area contributed by atoms with Crippen LogP contribution in [-0.4, -0.2) is 25.1 Å². The monoisotopic (exact) mass is 333 g/mol. The van der Waals surface area contributed by atoms with Crippen LogP contribution in [0.2, 0.25) is 5.02 Å². The Kier molecular flexibility index (Phi) is 6.00. The number of amides is 1. The van der Waals surface area contributed by atoms with E-state index in [2.05, 4.69) is 5.32 Å². The van der Waals surface area contributed by atoms with Crippen LogP contribution in [0.3, 0.4) is 0 Å². The zero-order chi connectivity index (χ0) is 16.7. The molecule has 5 nitrogen and oxygen atoms in total. The molecule has 0 aliphatic rings. The first-order valence-corrected chi connectivity index (χ1v) is 7.42. The summed E-state index contributed by atoms with van der Waals surface area (Å²) >= 11 is 5.97. The van der Waals surface area contributed by atoms with Crippen molar-refractivity contribution >= 4 is 29.2 Å². The molecule has 6 heteroatoms. The Morgan fingerprint density at radius 3 is 2.57 bits per heavy atom. The molecule has 0 atom stereocenters. The maximum atomic E-state index is 11.9. The lowest BCUT2D eigenvalue weighted by atomic mass is 10.2. The van der Waals surface area contributed by atoms with Crippen molar-refractivity contribution in [2.45, 2.75) is 6.92 Å². The van der Waals surface area contributed by atoms with Crippen LogP contribution in [0.1, 0.15) is 17.3 Å². The number of hydrogen-bond donors (Lipinski definition) is 1. The molecule has 0 aliphatic heterocycles. The second-order valence-electron chi connectivity index (χ2n) is 4.56. The number of carbonyl (C=O) groups is 2. The van der Waals surface area contributed by atoms with E-state index >= 15 is 0 Å². The maximum Gasteiger partial charge on any atom is 0.339 e. The average Bonchev–Trinajstić information content (AvgIpc) is 2.56. The molecule has 0 saturated heterocycles. The van der Waals surface area contributed by atoms with Crippen molar-refractivity contribution in [1.29, 1.82) is 0 Å². The van der Waals surface area contributed by atoms with E-state index in [1.54, 1.807) is 25.1 Å². The minimum Gasteiger partial charge on any atom is -0.484 e. The normalized spacial score (nSPS) is 10.0. The Labute approximate surface area is 139 Å². The fourth-order valence-corrected chi connectivity index (χ4v) is 2.03. The van der Waals surface area contributed by atoms with Crippen molar-refractivity contribution in [2.75, 3.05) is 18.5 Å². The van der Waals surface area contributed by atoms with Gasteiger partial charge in [-0.1, -0.05) is 29.8 Å². The van der Waals surface area contributed by atoms with Crippen molar-refractivity contribution in [1.82, 2.24) is 0 Å². The third-order valence-corrected chi connectivity index (χ3v) is 3.19. The molecule has 0 bridgehead atoms. The number of anilines is 1. The van der Waals surface area contributed by atoms with E-state index in [1.165, 1.54) is 12.1 Å². The second kappa shape index (κ2) is 8.19. The highest BCUT2D eigenvalue weighted by Crippen LogP contribution is 2.21. The molecule has 1 N–H and O–H groups in total. The number of carbonyl (C=O) groups excluding carboxylic acids is 2. The van der Waals surface area contributed by atoms with Crippen molar-refractivity contribution in [3.63, 3.8) is 0 Å². The van der Waals surface area contributed by atoms with Crippen molar-refractivity contribution in [3.8, 4) is 5.75 Å². The second-order valence-corrected chi connectivity index (χ2v) is 4.97. The molecule has 0 unspecified atom stereocenters. The van der Waals surface area contributed by atoms with Gasteiger partial charge in [0.25, 0.3) is 5.91 Å². The molecule has 2 aromatic carbocycles. The fourth-order valence-electron chi connectivity index (χ4n) is 1.83. The van der Waals surface area contributed by atoms with Crippen LogP contribution < -0.4 is 10.1 Å². The fraction of sp³-hybridized carbons (Fsp3) is 0.176. The number of nitrogens with one attached hydrogen (secondary N) is 1. The number of rotatable bonds is 6. The molecule has 0 spiro atoms. The van der Waals surface area contributed by atoms with Gasteiger partial charge in [-0.15, -0.1) is 0 Å². The zero-order valence-electron chi connectivity index (χ0n) is 12.5. The minimum atomic E-state index is -0.533. The smallest absolute Gasteiger partial charge is 0.339 e. The van der Waals surface area contributed by atoms with E-state index < -0.39 is 5.97 Å². The van der Waals surface area contributed by atoms with Crippen LogP contribution in [0.4, 0.5) is 5.69 Å². The standard InChI is InChI=1S/C17H16ClNO4/c1-2-22-17(21)14-10-12(8-9-15(14)18)19-16(20)11-23-13-6-4-3-5-7-13/h3-10H,2,11H2,1H3,(H,19,20). The number of para-hydroxylation sites is 1. The molecule has 2 rings (SSSR count). The predicted molar refractivity (Wildman–Crippen MR) is 88.0 cm³/mol. The molecule has 0 radical (unpaired) electrons. The van der Waals surface area contributed by atoms with Gasteiger partial charge in [-0.2, -0.15) is 0 Å². The van der Waals surface area contributed by atoms with Gasteiger partial charge in [-0.3, -0.25) is 4.79 Å². The Balaban J connectivity index is 1.98. The summed E-state index contributed by atoms with van der Waals surface area (Å²) in [4.78, 5) is 23.7. The van der Waals surface area contributed by atoms with Crippen LogP contribution in [0.5, 0.6) is 5.75 Å². The Morgan fingerprint density at radius 1 is 1.13 bits per heavy atom. The lowest BCUT2D eigenvalue weighted by molar-refractivity contribution is -0.118. The summed E-state index contributed by atoms with van der Waals surface area (Å²) in [6.45, 7) is 1.82. The molecule has 0 aromatic heterocycles. The minimum absolute atomic E-state index is 0.138. The molecule has 0 aliphatic carbocycles. The Morgan fingerprint density at radius 2 is 1.87 bits per heavy atom. The van der Waals surface area contributed by atoms with Gasteiger partial charge in [-0.05, 0) is 37.3 Å². The van der Waals surface area contributed by atoms with Gasteiger partial charge in [0.2, 0.25) is 0 Å². The van der Waals surface area contributed by atoms with Crippen molar-refractivity contribution < 1.29 is 19.1 Å². The molecule has 120 valence electrons. The highest BCUT2D eigenvalue weighted by Gasteiger charge is 2.13. The lowest BCUT2D eigenvalue weighted by Gasteiger charge is -2.09. The maximum absolute atomic E-state index is 11.9. The number of halogens is 1. The van der Waals surface area contributed by atoms with Crippen LogP contribution in [0, 0.1) is 0 Å². The predicted octanol–water partition coefficient (Wildman–Crippen LogP) is 3.53. The first-order valence-electron chi connectivity index (χ1n) is 7.04. The van der Waals surface area contributed by atoms with Gasteiger partial charge < -0.3 is 14.8 Å². The number of hydrogen-bond acceptors (Lipinski definition) is 4. The summed E-state index contributed by atoms with van der Waals surface area (Å²) in [5, 5.41) is 2.91. The first kappa shape index (κ1) is 16.8. The summed E-state index contributed by atoms with van der Waals surface area (Å²) in [6.07, 6.45) is 0. The van der Waals surface area contributed by atoms with Gasteiger partial charge in [-0.25, -0.2) is 4.79 Å². The molecule has 2 aromatic rings. The molecule has 1 amide bonds. The van der Waals surface area contributed by atoms with E-state index in [0.717, 1.165) is 0 Å². The summed E-state index contributed by atoms with van der Waals surface area (Å²) in [6, 6.07) is 13.6. The lowest BCUT2D eigenvalue weighted by Crippen LogP contribution is -2.20. The first-order chi connectivity index (χ1) is 11.1. The third kappa shape index (κ3) is 5.00. The zero-order valence-corrected chi connectivity index (χ0v) is 13.3. The highest BCUT2D eigenvalue weighted by atomic mass is 35.5. The highest BCUT2D eigenvalue weighted by molar-refractivity contribution is 6.33. The van der Waals surface area contributed by atoms with Crippen molar-refractivity contribution in [2.24, 2.45) is 0 Å². The van der Waals surface area contributed by atoms with Crippen LogP contribution in [0.25, 0.3) is 0 Å². The van der Waals surface area contributed by atoms with Gasteiger partial charge in [0, 0.05) is 5.69 Å². The summed E-state index contributed by atoms with van der Waals surface area (Å²) in [5.41, 5.74) is 0.648. The molecular formula is C17H16ClNO4. The molecule has 0 heterocycles. The number of benzene rings is 2. The van der Waals surface area contributed by atoms with E-state index in [4.69, 9.17) is 21.1 Å². The number of esters is 1. The van der Waals surface area contributed by atoms with Crippen molar-refractivity contribution in [3.05, 3.63) is 59.1 Å². The van der Waals surface area contributed by atoms with Gasteiger partial charge >= 0.3 is 5.97 Å². The van der Waals surface area contributed by atoms with E-state index in [1.807, 2.05) is 18.2 Å². The van der Waals surface area contributed by atoms with E-state index in [9.17, 15) is 9.59 Å². The molecule has 23 heavy (non-hydrogen) atoms. The van der Waals surface area contributed by atoms with Crippen LogP contribution in [0.15, 0.2) is 48.5 Å². The average molecular weight is 334 g/mol.